The third-order valence-corrected chi connectivity index (χ3v) is 4.95. The Labute approximate surface area is 163 Å². The molecule has 0 saturated carbocycles. The maximum atomic E-state index is 13.1. The lowest BCUT2D eigenvalue weighted by atomic mass is 9.89. The molecule has 1 amide bonds. The average molecular weight is 388 g/mol. The van der Waals surface area contributed by atoms with Crippen LogP contribution in [0.5, 0.6) is 11.5 Å². The fraction of sp³-hybridized carbons (Fsp3) is 0.450. The van der Waals surface area contributed by atoms with Crippen LogP contribution in [-0.2, 0) is 11.2 Å². The molecule has 1 aliphatic heterocycles. The molecule has 8 heteroatoms. The summed E-state index contributed by atoms with van der Waals surface area (Å²) in [5, 5.41) is 13.3. The monoisotopic (exact) mass is 388 g/mol. The molecule has 1 unspecified atom stereocenters. The second-order valence-electron chi connectivity index (χ2n) is 7.04. The van der Waals surface area contributed by atoms with Gasteiger partial charge in [-0.05, 0) is 29.7 Å². The standard InChI is InChI=1S/C20H24N2O6/c1-11(2)16-9-14(21-28-16)20(25)22-6-5-12-7-17(26-3)18(27-4)8-13(12)15(22)10-19(23)24/h7-9,11,15H,5-6,10H2,1-4H3,(H,23,24). The summed E-state index contributed by atoms with van der Waals surface area (Å²) in [6.07, 6.45) is 0.357. The summed E-state index contributed by atoms with van der Waals surface area (Å²) in [5.74, 6) is 0.447. The van der Waals surface area contributed by atoms with Gasteiger partial charge in [0.15, 0.2) is 17.2 Å². The van der Waals surface area contributed by atoms with Crippen molar-refractivity contribution >= 4 is 11.9 Å². The van der Waals surface area contributed by atoms with Gasteiger partial charge in [0.05, 0.1) is 26.7 Å². The van der Waals surface area contributed by atoms with Crippen molar-refractivity contribution in [1.82, 2.24) is 10.1 Å². The molecule has 1 aromatic heterocycles. The van der Waals surface area contributed by atoms with Gasteiger partial charge in [-0.1, -0.05) is 19.0 Å². The molecule has 0 saturated heterocycles. The van der Waals surface area contributed by atoms with Crippen LogP contribution in [0.15, 0.2) is 22.7 Å². The predicted octanol–water partition coefficient (Wildman–Crippen LogP) is 3.03. The van der Waals surface area contributed by atoms with E-state index in [1.54, 1.807) is 24.1 Å². The third kappa shape index (κ3) is 3.67. The molecule has 0 radical (unpaired) electrons. The fourth-order valence-corrected chi connectivity index (χ4v) is 3.47. The smallest absolute Gasteiger partial charge is 0.305 e. The molecule has 2 aromatic rings. The van der Waals surface area contributed by atoms with Gasteiger partial charge >= 0.3 is 5.97 Å². The number of methoxy groups -OCH3 is 2. The maximum absolute atomic E-state index is 13.1. The molecule has 0 spiro atoms. The number of hydrogen-bond acceptors (Lipinski definition) is 6. The van der Waals surface area contributed by atoms with Gasteiger partial charge in [0.2, 0.25) is 0 Å². The number of rotatable bonds is 6. The molecule has 8 nitrogen and oxygen atoms in total. The van der Waals surface area contributed by atoms with Crippen LogP contribution in [0.25, 0.3) is 0 Å². The summed E-state index contributed by atoms with van der Waals surface area (Å²) in [7, 11) is 3.07. The van der Waals surface area contributed by atoms with E-state index in [0.29, 0.717) is 30.2 Å². The van der Waals surface area contributed by atoms with E-state index >= 15 is 0 Å². The zero-order valence-electron chi connectivity index (χ0n) is 16.4. The molecule has 1 N–H and O–H groups in total. The number of carboxylic acid groups (broad SMARTS) is 1. The van der Waals surface area contributed by atoms with Crippen molar-refractivity contribution in [3.8, 4) is 11.5 Å². The third-order valence-electron chi connectivity index (χ3n) is 4.95. The van der Waals surface area contributed by atoms with Crippen LogP contribution >= 0.6 is 0 Å². The van der Waals surface area contributed by atoms with Gasteiger partial charge in [-0.25, -0.2) is 0 Å². The molecule has 0 bridgehead atoms. The number of benzene rings is 1. The van der Waals surface area contributed by atoms with E-state index in [0.717, 1.165) is 11.1 Å². The summed E-state index contributed by atoms with van der Waals surface area (Å²) >= 11 is 0. The summed E-state index contributed by atoms with van der Waals surface area (Å²) in [6, 6.07) is 4.59. The lowest BCUT2D eigenvalue weighted by molar-refractivity contribution is -0.138. The van der Waals surface area contributed by atoms with Gasteiger partial charge in [0.25, 0.3) is 5.91 Å². The van der Waals surface area contributed by atoms with Gasteiger partial charge in [-0.3, -0.25) is 9.59 Å². The van der Waals surface area contributed by atoms with Gasteiger partial charge in [-0.2, -0.15) is 0 Å². The molecule has 1 atom stereocenters. The van der Waals surface area contributed by atoms with E-state index in [-0.39, 0.29) is 23.9 Å². The minimum atomic E-state index is -0.992. The average Bonchev–Trinajstić information content (AvgIpc) is 3.16. The van der Waals surface area contributed by atoms with E-state index in [9.17, 15) is 14.7 Å². The number of aliphatic carboxylic acids is 1. The van der Waals surface area contributed by atoms with Crippen molar-refractivity contribution in [1.29, 1.82) is 0 Å². The Balaban J connectivity index is 2.00. The molecule has 28 heavy (non-hydrogen) atoms. The first kappa shape index (κ1) is 19.7. The van der Waals surface area contributed by atoms with Gasteiger partial charge in [0, 0.05) is 18.5 Å². The van der Waals surface area contributed by atoms with E-state index < -0.39 is 12.0 Å². The number of aromatic nitrogens is 1. The Kier molecular flexibility index (Phi) is 5.58. The Hall–Kier alpha value is -3.03. The van der Waals surface area contributed by atoms with Crippen LogP contribution in [-0.4, -0.2) is 47.8 Å². The Morgan fingerprint density at radius 3 is 2.50 bits per heavy atom. The molecule has 1 aliphatic rings. The van der Waals surface area contributed by atoms with E-state index in [1.165, 1.54) is 7.11 Å². The number of hydrogen-bond donors (Lipinski definition) is 1. The van der Waals surface area contributed by atoms with Crippen LogP contribution in [0.2, 0.25) is 0 Å². The summed E-state index contributed by atoms with van der Waals surface area (Å²) in [5.41, 5.74) is 1.87. The summed E-state index contributed by atoms with van der Waals surface area (Å²) in [6.45, 7) is 4.26. The van der Waals surface area contributed by atoms with Crippen LogP contribution in [0, 0.1) is 0 Å². The minimum Gasteiger partial charge on any atom is -0.493 e. The number of fused-ring (bicyclic) bond motifs is 1. The van der Waals surface area contributed by atoms with Crippen molar-refractivity contribution in [2.45, 2.75) is 38.6 Å². The largest absolute Gasteiger partial charge is 0.493 e. The van der Waals surface area contributed by atoms with Gasteiger partial charge in [0.1, 0.15) is 5.76 Å². The molecule has 1 aromatic carbocycles. The molecule has 0 fully saturated rings. The van der Waals surface area contributed by atoms with Crippen LogP contribution in [0.1, 0.15) is 59.6 Å². The van der Waals surface area contributed by atoms with Gasteiger partial charge in [-0.15, -0.1) is 0 Å². The SMILES string of the molecule is COc1cc2c(cc1OC)C(CC(=O)O)N(C(=O)c1cc(C(C)C)on1)CC2. The van der Waals surface area contributed by atoms with Crippen molar-refractivity contribution in [3.05, 3.63) is 40.8 Å². The Morgan fingerprint density at radius 1 is 1.25 bits per heavy atom. The first-order valence-electron chi connectivity index (χ1n) is 9.09. The number of nitrogens with zero attached hydrogens (tertiary/aromatic N) is 2. The van der Waals surface area contributed by atoms with Crippen molar-refractivity contribution < 1.29 is 28.7 Å². The van der Waals surface area contributed by atoms with E-state index in [1.807, 2.05) is 19.9 Å². The van der Waals surface area contributed by atoms with Crippen LogP contribution in [0.4, 0.5) is 0 Å². The van der Waals surface area contributed by atoms with Crippen molar-refractivity contribution in [2.24, 2.45) is 0 Å². The van der Waals surface area contributed by atoms with Gasteiger partial charge < -0.3 is 24.0 Å². The fourth-order valence-electron chi connectivity index (χ4n) is 3.47. The van der Waals surface area contributed by atoms with Crippen molar-refractivity contribution in [3.63, 3.8) is 0 Å². The number of carbonyl (C=O) groups excluding carboxylic acids is 1. The quantitative estimate of drug-likeness (QED) is 0.811. The summed E-state index contributed by atoms with van der Waals surface area (Å²) < 4.78 is 15.9. The molecular formula is C20H24N2O6. The number of ether oxygens (including phenoxy) is 2. The van der Waals surface area contributed by atoms with E-state index in [2.05, 4.69) is 5.16 Å². The second kappa shape index (κ2) is 7.92. The van der Waals surface area contributed by atoms with Crippen LogP contribution < -0.4 is 9.47 Å². The topological polar surface area (TPSA) is 102 Å². The maximum Gasteiger partial charge on any atom is 0.305 e. The molecule has 150 valence electrons. The number of amides is 1. The highest BCUT2D eigenvalue weighted by Crippen LogP contribution is 2.40. The van der Waals surface area contributed by atoms with Crippen molar-refractivity contribution in [2.75, 3.05) is 20.8 Å². The summed E-state index contributed by atoms with van der Waals surface area (Å²) in [4.78, 5) is 26.1. The van der Waals surface area contributed by atoms with Crippen LogP contribution in [0.3, 0.4) is 0 Å². The molecule has 2 heterocycles. The predicted molar refractivity (Wildman–Crippen MR) is 99.9 cm³/mol. The highest BCUT2D eigenvalue weighted by Gasteiger charge is 2.35. The Morgan fingerprint density at radius 2 is 1.93 bits per heavy atom. The zero-order chi connectivity index (χ0) is 20.4. The highest BCUT2D eigenvalue weighted by atomic mass is 16.5. The van der Waals surface area contributed by atoms with E-state index in [4.69, 9.17) is 14.0 Å². The number of carboxylic acids is 1. The second-order valence-corrected chi connectivity index (χ2v) is 7.04. The zero-order valence-corrected chi connectivity index (χ0v) is 16.4. The molecule has 0 aliphatic carbocycles. The molecular weight excluding hydrogens is 364 g/mol. The Bertz CT molecular complexity index is 889. The highest BCUT2D eigenvalue weighted by molar-refractivity contribution is 5.93. The first-order valence-corrected chi connectivity index (χ1v) is 9.09. The molecule has 3 rings (SSSR count). The lowest BCUT2D eigenvalue weighted by Gasteiger charge is -2.36. The first-order chi connectivity index (χ1) is 13.3. The number of carbonyl (C=O) groups is 2. The lowest BCUT2D eigenvalue weighted by Crippen LogP contribution is -2.41. The normalized spacial score (nSPS) is 16.0. The minimum absolute atomic E-state index is 0.0997.